The molecule has 0 saturated heterocycles. The summed E-state index contributed by atoms with van der Waals surface area (Å²) in [6.45, 7) is 15.2. The highest BCUT2D eigenvalue weighted by atomic mass is 32.1. The van der Waals surface area contributed by atoms with Crippen molar-refractivity contribution in [1.29, 1.82) is 0 Å². The van der Waals surface area contributed by atoms with Crippen LogP contribution in [0.3, 0.4) is 0 Å². The fraction of sp³-hybridized carbons (Fsp3) is 0.632. The molecule has 0 radical (unpaired) electrons. The van der Waals surface area contributed by atoms with Gasteiger partial charge in [-0.2, -0.15) is 0 Å². The summed E-state index contributed by atoms with van der Waals surface area (Å²) in [6, 6.07) is 0.334. The van der Waals surface area contributed by atoms with Crippen molar-refractivity contribution in [2.75, 3.05) is 13.1 Å². The third kappa shape index (κ3) is 9.16. The number of nitrogens with zero attached hydrogens (tertiary/aromatic N) is 1. The first-order valence-corrected chi connectivity index (χ1v) is 8.89. The normalized spacial score (nSPS) is 13.5. The lowest BCUT2D eigenvalue weighted by atomic mass is 10.1. The number of rotatable bonds is 10. The van der Waals surface area contributed by atoms with Crippen molar-refractivity contribution in [2.24, 2.45) is 0 Å². The quantitative estimate of drug-likeness (QED) is 0.438. The molecule has 0 saturated carbocycles. The van der Waals surface area contributed by atoms with E-state index in [0.29, 0.717) is 6.04 Å². The Kier molecular flexibility index (Phi) is 12.1. The monoisotopic (exact) mass is 322 g/mol. The van der Waals surface area contributed by atoms with Crippen LogP contribution in [0.1, 0.15) is 60.8 Å². The van der Waals surface area contributed by atoms with Gasteiger partial charge < -0.3 is 5.32 Å². The number of thiocarbonyl (C=S) groups is 1. The molecule has 0 fully saturated rings. The maximum absolute atomic E-state index is 5.62. The van der Waals surface area contributed by atoms with Crippen molar-refractivity contribution in [3.63, 3.8) is 0 Å². The fourth-order valence-electron chi connectivity index (χ4n) is 2.33. The zero-order valence-corrected chi connectivity index (χ0v) is 16.1. The second-order valence-corrected chi connectivity index (χ2v) is 6.40. The van der Waals surface area contributed by atoms with Crippen LogP contribution >= 0.6 is 12.2 Å². The summed E-state index contributed by atoms with van der Waals surface area (Å²) >= 11 is 5.62. The molecule has 1 N–H and O–H groups in total. The lowest BCUT2D eigenvalue weighted by molar-refractivity contribution is 0.237. The molecule has 0 aliphatic rings. The summed E-state index contributed by atoms with van der Waals surface area (Å²) in [7, 11) is 0. The average molecular weight is 323 g/mol. The van der Waals surface area contributed by atoms with Gasteiger partial charge in [-0.05, 0) is 58.7 Å². The summed E-state index contributed by atoms with van der Waals surface area (Å²) in [6.07, 6.45) is 11.7. The Morgan fingerprint density at radius 1 is 1.09 bits per heavy atom. The Morgan fingerprint density at radius 2 is 1.68 bits per heavy atom. The van der Waals surface area contributed by atoms with E-state index in [0.717, 1.165) is 24.5 Å². The average Bonchev–Trinajstić information content (AvgIpc) is 2.46. The van der Waals surface area contributed by atoms with E-state index in [1.165, 1.54) is 24.0 Å². The van der Waals surface area contributed by atoms with Crippen molar-refractivity contribution < 1.29 is 0 Å². The first-order chi connectivity index (χ1) is 10.5. The van der Waals surface area contributed by atoms with Crippen molar-refractivity contribution in [1.82, 2.24) is 10.2 Å². The molecule has 0 aliphatic heterocycles. The summed E-state index contributed by atoms with van der Waals surface area (Å²) in [5, 5.41) is 3.32. The smallest absolute Gasteiger partial charge is 0.0967 e. The van der Waals surface area contributed by atoms with E-state index in [-0.39, 0.29) is 0 Å². The SMILES string of the molecule is CCCN(CCC)C(CC)C(=S)N/C=C(C)/C=C\C=C(C)C. The van der Waals surface area contributed by atoms with Crippen LogP contribution < -0.4 is 5.32 Å². The lowest BCUT2D eigenvalue weighted by Gasteiger charge is -2.31. The molecular formula is C19H34N2S. The Hall–Kier alpha value is -0.930. The Balaban J connectivity index is 4.70. The van der Waals surface area contributed by atoms with Crippen LogP contribution in [0.2, 0.25) is 0 Å². The summed E-state index contributed by atoms with van der Waals surface area (Å²) in [5.41, 5.74) is 2.47. The van der Waals surface area contributed by atoms with E-state index >= 15 is 0 Å². The Morgan fingerprint density at radius 3 is 2.14 bits per heavy atom. The van der Waals surface area contributed by atoms with E-state index in [1.807, 2.05) is 6.20 Å². The molecule has 0 spiro atoms. The van der Waals surface area contributed by atoms with Crippen LogP contribution in [0.4, 0.5) is 0 Å². The minimum atomic E-state index is 0.334. The van der Waals surface area contributed by atoms with Gasteiger partial charge >= 0.3 is 0 Å². The van der Waals surface area contributed by atoms with Gasteiger partial charge in [-0.15, -0.1) is 0 Å². The maximum Gasteiger partial charge on any atom is 0.0967 e. The predicted molar refractivity (Wildman–Crippen MR) is 104 cm³/mol. The highest BCUT2D eigenvalue weighted by molar-refractivity contribution is 7.80. The zero-order valence-electron chi connectivity index (χ0n) is 15.3. The minimum Gasteiger partial charge on any atom is -0.355 e. The first-order valence-electron chi connectivity index (χ1n) is 8.48. The minimum absolute atomic E-state index is 0.334. The molecule has 0 amide bonds. The molecular weight excluding hydrogens is 288 g/mol. The highest BCUT2D eigenvalue weighted by Gasteiger charge is 2.19. The van der Waals surface area contributed by atoms with E-state index in [9.17, 15) is 0 Å². The van der Waals surface area contributed by atoms with Crippen molar-refractivity contribution in [3.8, 4) is 0 Å². The number of hydrogen-bond donors (Lipinski definition) is 1. The van der Waals surface area contributed by atoms with Crippen LogP contribution in [0.15, 0.2) is 35.6 Å². The molecule has 1 unspecified atom stereocenters. The molecule has 0 aromatic carbocycles. The molecule has 3 heteroatoms. The van der Waals surface area contributed by atoms with Crippen LogP contribution in [-0.2, 0) is 0 Å². The van der Waals surface area contributed by atoms with Gasteiger partial charge in [0.2, 0.25) is 0 Å². The summed E-state index contributed by atoms with van der Waals surface area (Å²) in [4.78, 5) is 3.43. The second-order valence-electron chi connectivity index (χ2n) is 5.96. The van der Waals surface area contributed by atoms with Gasteiger partial charge in [0, 0.05) is 6.20 Å². The first kappa shape index (κ1) is 21.1. The number of nitrogens with one attached hydrogen (secondary N) is 1. The number of allylic oxidation sites excluding steroid dienone is 5. The van der Waals surface area contributed by atoms with Gasteiger partial charge in [-0.25, -0.2) is 0 Å². The maximum atomic E-state index is 5.62. The zero-order chi connectivity index (χ0) is 17.0. The second kappa shape index (κ2) is 12.6. The summed E-state index contributed by atoms with van der Waals surface area (Å²) < 4.78 is 0. The van der Waals surface area contributed by atoms with Crippen molar-refractivity contribution >= 4 is 17.2 Å². The van der Waals surface area contributed by atoms with Crippen LogP contribution in [0, 0.1) is 0 Å². The van der Waals surface area contributed by atoms with Crippen molar-refractivity contribution in [2.45, 2.75) is 66.8 Å². The molecule has 22 heavy (non-hydrogen) atoms. The molecule has 0 aromatic heterocycles. The van der Waals surface area contributed by atoms with Gasteiger partial charge in [-0.1, -0.05) is 56.8 Å². The molecule has 0 heterocycles. The highest BCUT2D eigenvalue weighted by Crippen LogP contribution is 2.08. The molecule has 0 aromatic rings. The van der Waals surface area contributed by atoms with Crippen molar-refractivity contribution in [3.05, 3.63) is 35.6 Å². The fourth-order valence-corrected chi connectivity index (χ4v) is 2.70. The molecule has 0 aliphatic carbocycles. The Bertz CT molecular complexity index is 398. The third-order valence-electron chi connectivity index (χ3n) is 3.38. The van der Waals surface area contributed by atoms with Crippen LogP contribution in [0.5, 0.6) is 0 Å². The third-order valence-corrected chi connectivity index (χ3v) is 3.77. The lowest BCUT2D eigenvalue weighted by Crippen LogP contribution is -2.45. The van der Waals surface area contributed by atoms with Crippen LogP contribution in [-0.4, -0.2) is 29.0 Å². The van der Waals surface area contributed by atoms with Crippen LogP contribution in [0.25, 0.3) is 0 Å². The van der Waals surface area contributed by atoms with Gasteiger partial charge in [0.1, 0.15) is 0 Å². The summed E-state index contributed by atoms with van der Waals surface area (Å²) in [5.74, 6) is 0. The largest absolute Gasteiger partial charge is 0.355 e. The van der Waals surface area contributed by atoms with E-state index in [2.05, 4.69) is 70.0 Å². The van der Waals surface area contributed by atoms with Gasteiger partial charge in [0.05, 0.1) is 11.0 Å². The molecule has 1 atom stereocenters. The number of hydrogen-bond acceptors (Lipinski definition) is 2. The Labute approximate surface area is 143 Å². The van der Waals surface area contributed by atoms with E-state index < -0.39 is 0 Å². The molecule has 126 valence electrons. The van der Waals surface area contributed by atoms with E-state index in [1.54, 1.807) is 0 Å². The molecule has 2 nitrogen and oxygen atoms in total. The van der Waals surface area contributed by atoms with E-state index in [4.69, 9.17) is 12.2 Å². The molecule has 0 rings (SSSR count). The van der Waals surface area contributed by atoms with Gasteiger partial charge in [-0.3, -0.25) is 4.90 Å². The molecule has 0 bridgehead atoms. The predicted octanol–water partition coefficient (Wildman–Crippen LogP) is 5.23. The topological polar surface area (TPSA) is 15.3 Å². The standard InChI is InChI=1S/C19H34N2S/c1-7-13-21(14-8-2)18(9-3)19(22)20-15-17(6)12-10-11-16(4)5/h10-12,15,18H,7-9,13-14H2,1-6H3,(H,20,22)/b12-10-,17-15+. The van der Waals surface area contributed by atoms with Gasteiger partial charge in [0.25, 0.3) is 0 Å². The van der Waals surface area contributed by atoms with Gasteiger partial charge in [0.15, 0.2) is 0 Å².